The van der Waals surface area contributed by atoms with Gasteiger partial charge in [0.2, 0.25) is 5.91 Å². The lowest BCUT2D eigenvalue weighted by Gasteiger charge is -2.17. The third-order valence-corrected chi connectivity index (χ3v) is 3.20. The van der Waals surface area contributed by atoms with E-state index < -0.39 is 5.54 Å². The Bertz CT molecular complexity index is 416. The first kappa shape index (κ1) is 14.8. The van der Waals surface area contributed by atoms with Crippen molar-refractivity contribution in [2.45, 2.75) is 31.3 Å². The van der Waals surface area contributed by atoms with E-state index in [1.807, 2.05) is 31.2 Å². The first-order valence-corrected chi connectivity index (χ1v) is 5.79. The van der Waals surface area contributed by atoms with E-state index in [0.717, 1.165) is 24.2 Å². The Kier molecular flexibility index (Phi) is 4.59. The van der Waals surface area contributed by atoms with Gasteiger partial charge in [-0.2, -0.15) is 0 Å². The molecular weight excluding hydrogens is 252 g/mol. The molecule has 2 rings (SSSR count). The third kappa shape index (κ3) is 3.15. The number of nitrogens with one attached hydrogen (secondary N) is 1. The lowest BCUT2D eigenvalue weighted by molar-refractivity contribution is -0.123. The highest BCUT2D eigenvalue weighted by molar-refractivity contribution is 5.89. The van der Waals surface area contributed by atoms with Gasteiger partial charge in [0.1, 0.15) is 5.75 Å². The van der Waals surface area contributed by atoms with Crippen LogP contribution in [-0.2, 0) is 4.79 Å². The molecule has 100 valence electrons. The molecule has 1 aliphatic carbocycles. The zero-order valence-corrected chi connectivity index (χ0v) is 11.4. The molecule has 1 aliphatic rings. The summed E-state index contributed by atoms with van der Waals surface area (Å²) in [7, 11) is 1.63. The molecule has 0 heterocycles. The monoisotopic (exact) mass is 270 g/mol. The molecule has 4 nitrogen and oxygen atoms in total. The Morgan fingerprint density at radius 3 is 2.39 bits per heavy atom. The van der Waals surface area contributed by atoms with Crippen LogP contribution in [-0.4, -0.2) is 18.6 Å². The Morgan fingerprint density at radius 2 is 1.94 bits per heavy atom. The number of halogens is 1. The second-order valence-electron chi connectivity index (χ2n) is 4.62. The summed E-state index contributed by atoms with van der Waals surface area (Å²) in [4.78, 5) is 11.8. The normalized spacial score (nSPS) is 17.3. The Balaban J connectivity index is 0.00000162. The van der Waals surface area contributed by atoms with Gasteiger partial charge in [0.15, 0.2) is 0 Å². The van der Waals surface area contributed by atoms with Crippen molar-refractivity contribution in [3.8, 4) is 5.75 Å². The van der Waals surface area contributed by atoms with E-state index in [1.165, 1.54) is 0 Å². The van der Waals surface area contributed by atoms with E-state index in [2.05, 4.69) is 5.32 Å². The van der Waals surface area contributed by atoms with E-state index in [-0.39, 0.29) is 24.4 Å². The summed E-state index contributed by atoms with van der Waals surface area (Å²) in [5, 5.41) is 2.93. The predicted molar refractivity (Wildman–Crippen MR) is 73.0 cm³/mol. The number of carbonyl (C=O) groups excluding carboxylic acids is 1. The van der Waals surface area contributed by atoms with Crippen LogP contribution in [0.4, 0.5) is 0 Å². The smallest absolute Gasteiger partial charge is 0.240 e. The molecule has 3 N–H and O–H groups in total. The first-order valence-electron chi connectivity index (χ1n) is 5.79. The molecule has 1 saturated carbocycles. The molecule has 0 aliphatic heterocycles. The molecule has 5 heteroatoms. The summed E-state index contributed by atoms with van der Waals surface area (Å²) in [6.45, 7) is 1.95. The van der Waals surface area contributed by atoms with Gasteiger partial charge in [0, 0.05) is 0 Å². The van der Waals surface area contributed by atoms with E-state index >= 15 is 0 Å². The maximum absolute atomic E-state index is 11.8. The third-order valence-electron chi connectivity index (χ3n) is 3.20. The lowest BCUT2D eigenvalue weighted by Crippen LogP contribution is -2.43. The van der Waals surface area contributed by atoms with E-state index in [0.29, 0.717) is 0 Å². The molecule has 1 unspecified atom stereocenters. The summed E-state index contributed by atoms with van der Waals surface area (Å²) in [5.41, 5.74) is 6.26. The predicted octanol–water partition coefficient (Wildman–Crippen LogP) is 1.79. The van der Waals surface area contributed by atoms with Gasteiger partial charge in [-0.3, -0.25) is 4.79 Å². The van der Waals surface area contributed by atoms with Gasteiger partial charge in [0.05, 0.1) is 18.7 Å². The van der Waals surface area contributed by atoms with Crippen molar-refractivity contribution in [2.75, 3.05) is 7.11 Å². The molecule has 1 aromatic carbocycles. The van der Waals surface area contributed by atoms with Gasteiger partial charge < -0.3 is 15.8 Å². The van der Waals surface area contributed by atoms with Crippen molar-refractivity contribution in [1.82, 2.24) is 5.32 Å². The molecule has 18 heavy (non-hydrogen) atoms. The summed E-state index contributed by atoms with van der Waals surface area (Å²) in [6.07, 6.45) is 1.57. The second-order valence-corrected chi connectivity index (χ2v) is 4.62. The standard InChI is InChI=1S/C13H18N2O2.ClH/c1-9(15-12(16)13(14)7-8-13)10-3-5-11(17-2)6-4-10;/h3-6,9H,7-8,14H2,1-2H3,(H,15,16);1H. The van der Waals surface area contributed by atoms with Crippen LogP contribution < -0.4 is 15.8 Å². The van der Waals surface area contributed by atoms with Crippen LogP contribution in [0.5, 0.6) is 5.75 Å². The first-order chi connectivity index (χ1) is 8.05. The van der Waals surface area contributed by atoms with Gasteiger partial charge >= 0.3 is 0 Å². The number of carbonyl (C=O) groups is 1. The highest BCUT2D eigenvalue weighted by Gasteiger charge is 2.46. The SMILES string of the molecule is COc1ccc(C(C)NC(=O)C2(N)CC2)cc1.Cl. The number of benzene rings is 1. The number of amides is 1. The molecule has 0 aromatic heterocycles. The summed E-state index contributed by atoms with van der Waals surface area (Å²) in [5.74, 6) is 0.755. The molecule has 0 spiro atoms. The van der Waals surface area contributed by atoms with Crippen LogP contribution in [0.3, 0.4) is 0 Å². The minimum atomic E-state index is -0.610. The average molecular weight is 271 g/mol. The van der Waals surface area contributed by atoms with Crippen molar-refractivity contribution >= 4 is 18.3 Å². The largest absolute Gasteiger partial charge is 0.497 e. The maximum atomic E-state index is 11.8. The summed E-state index contributed by atoms with van der Waals surface area (Å²) in [6, 6.07) is 7.62. The fourth-order valence-corrected chi connectivity index (χ4v) is 1.68. The van der Waals surface area contributed by atoms with Gasteiger partial charge in [0.25, 0.3) is 0 Å². The zero-order valence-electron chi connectivity index (χ0n) is 10.6. The van der Waals surface area contributed by atoms with E-state index in [9.17, 15) is 4.79 Å². The fourth-order valence-electron chi connectivity index (χ4n) is 1.68. The zero-order chi connectivity index (χ0) is 12.5. The van der Waals surface area contributed by atoms with Crippen molar-refractivity contribution in [3.05, 3.63) is 29.8 Å². The molecule has 1 atom stereocenters. The number of hydrogen-bond donors (Lipinski definition) is 2. The molecule has 1 fully saturated rings. The van der Waals surface area contributed by atoms with Gasteiger partial charge in [-0.1, -0.05) is 12.1 Å². The molecule has 0 radical (unpaired) electrons. The van der Waals surface area contributed by atoms with Crippen LogP contribution in [0.25, 0.3) is 0 Å². The molecule has 1 amide bonds. The minimum absolute atomic E-state index is 0. The Morgan fingerprint density at radius 1 is 1.39 bits per heavy atom. The van der Waals surface area contributed by atoms with Crippen LogP contribution in [0, 0.1) is 0 Å². The Hall–Kier alpha value is -1.26. The number of rotatable bonds is 4. The second kappa shape index (κ2) is 5.59. The molecule has 0 saturated heterocycles. The fraction of sp³-hybridized carbons (Fsp3) is 0.462. The molecule has 0 bridgehead atoms. The van der Waals surface area contributed by atoms with Gasteiger partial charge in [-0.05, 0) is 37.5 Å². The summed E-state index contributed by atoms with van der Waals surface area (Å²) >= 11 is 0. The Labute approximate surface area is 113 Å². The number of hydrogen-bond acceptors (Lipinski definition) is 3. The van der Waals surface area contributed by atoms with Crippen molar-refractivity contribution in [2.24, 2.45) is 5.73 Å². The quantitative estimate of drug-likeness (QED) is 0.877. The van der Waals surface area contributed by atoms with Crippen LogP contribution in [0.15, 0.2) is 24.3 Å². The highest BCUT2D eigenvalue weighted by Crippen LogP contribution is 2.33. The number of ether oxygens (including phenoxy) is 1. The van der Waals surface area contributed by atoms with E-state index in [4.69, 9.17) is 10.5 Å². The highest BCUT2D eigenvalue weighted by atomic mass is 35.5. The van der Waals surface area contributed by atoms with Crippen LogP contribution in [0.2, 0.25) is 0 Å². The average Bonchev–Trinajstić information content (AvgIpc) is 3.09. The number of nitrogens with two attached hydrogens (primary N) is 1. The van der Waals surface area contributed by atoms with Gasteiger partial charge in [-0.15, -0.1) is 12.4 Å². The van der Waals surface area contributed by atoms with Gasteiger partial charge in [-0.25, -0.2) is 0 Å². The maximum Gasteiger partial charge on any atom is 0.240 e. The van der Waals surface area contributed by atoms with Crippen LogP contribution in [0.1, 0.15) is 31.4 Å². The topological polar surface area (TPSA) is 64.3 Å². The molecule has 1 aromatic rings. The van der Waals surface area contributed by atoms with Crippen LogP contribution >= 0.6 is 12.4 Å². The lowest BCUT2D eigenvalue weighted by atomic mass is 10.1. The van der Waals surface area contributed by atoms with Crippen molar-refractivity contribution in [3.63, 3.8) is 0 Å². The number of methoxy groups -OCH3 is 1. The van der Waals surface area contributed by atoms with Crippen molar-refractivity contribution < 1.29 is 9.53 Å². The van der Waals surface area contributed by atoms with E-state index in [1.54, 1.807) is 7.11 Å². The molecular formula is C13H19ClN2O2. The minimum Gasteiger partial charge on any atom is -0.497 e. The summed E-state index contributed by atoms with van der Waals surface area (Å²) < 4.78 is 5.09. The van der Waals surface area contributed by atoms with Crippen molar-refractivity contribution in [1.29, 1.82) is 0 Å².